The number of benzene rings is 2. The Labute approximate surface area is 165 Å². The molecule has 0 aliphatic rings. The summed E-state index contributed by atoms with van der Waals surface area (Å²) in [5.74, 6) is 0.860. The Hall–Kier alpha value is -2.71. The van der Waals surface area contributed by atoms with E-state index in [4.69, 9.17) is 4.74 Å². The van der Waals surface area contributed by atoms with Crippen molar-refractivity contribution in [3.63, 3.8) is 0 Å². The fraction of sp³-hybridized carbons (Fsp3) is 0.167. The van der Waals surface area contributed by atoms with Crippen LogP contribution in [0, 0.1) is 5.82 Å². The first-order chi connectivity index (χ1) is 12.6. The lowest BCUT2D eigenvalue weighted by molar-refractivity contribution is 0.292. The maximum atomic E-state index is 13.0. The molecule has 0 amide bonds. The van der Waals surface area contributed by atoms with Crippen molar-refractivity contribution in [1.29, 1.82) is 0 Å². The number of halogens is 2. The molecule has 0 aliphatic carbocycles. The minimum absolute atomic E-state index is 0. The summed E-state index contributed by atoms with van der Waals surface area (Å²) < 4.78 is 20.3. The quantitative estimate of drug-likeness (QED) is 0.501. The number of ether oxygens (including phenoxy) is 1. The molecule has 2 aromatic heterocycles. The minimum atomic E-state index is -0.300. The third-order valence-electron chi connectivity index (χ3n) is 3.85. The number of anilines is 1. The molecule has 2 heterocycles. The van der Waals surface area contributed by atoms with Gasteiger partial charge >= 0.3 is 0 Å². The first-order valence-electron chi connectivity index (χ1n) is 7.97. The molecular formula is C18H17ClFN5OS. The van der Waals surface area contributed by atoms with Gasteiger partial charge in [-0.15, -0.1) is 22.6 Å². The Morgan fingerprint density at radius 1 is 1.11 bits per heavy atom. The second kappa shape index (κ2) is 7.89. The van der Waals surface area contributed by atoms with Crippen molar-refractivity contribution in [3.8, 4) is 16.3 Å². The first-order valence-corrected chi connectivity index (χ1v) is 8.79. The van der Waals surface area contributed by atoms with E-state index in [1.54, 1.807) is 16.6 Å². The minimum Gasteiger partial charge on any atom is -0.486 e. The Balaban J connectivity index is 0.00000210. The van der Waals surface area contributed by atoms with E-state index in [1.165, 1.54) is 23.5 Å². The molecule has 0 N–H and O–H groups in total. The first kappa shape index (κ1) is 19.1. The van der Waals surface area contributed by atoms with Crippen LogP contribution in [0.15, 0.2) is 48.5 Å². The van der Waals surface area contributed by atoms with E-state index in [0.717, 1.165) is 16.3 Å². The molecule has 0 spiro atoms. The van der Waals surface area contributed by atoms with Gasteiger partial charge < -0.3 is 9.64 Å². The highest BCUT2D eigenvalue weighted by Crippen LogP contribution is 2.28. The lowest BCUT2D eigenvalue weighted by Crippen LogP contribution is -2.08. The molecule has 0 saturated heterocycles. The molecule has 140 valence electrons. The van der Waals surface area contributed by atoms with Gasteiger partial charge in [-0.05, 0) is 36.4 Å². The van der Waals surface area contributed by atoms with Crippen molar-refractivity contribution in [3.05, 3.63) is 60.2 Å². The second-order valence-electron chi connectivity index (χ2n) is 5.91. The van der Waals surface area contributed by atoms with E-state index < -0.39 is 0 Å². The molecule has 0 radical (unpaired) electrons. The number of aromatic nitrogens is 4. The molecule has 0 bridgehead atoms. The zero-order valence-corrected chi connectivity index (χ0v) is 16.3. The Kier molecular flexibility index (Phi) is 5.57. The third-order valence-corrected chi connectivity index (χ3v) is 4.79. The Morgan fingerprint density at radius 3 is 2.63 bits per heavy atom. The number of hydrogen-bond acceptors (Lipinski definition) is 6. The summed E-state index contributed by atoms with van der Waals surface area (Å²) in [6.45, 7) is 0.202. The molecule has 27 heavy (non-hydrogen) atoms. The lowest BCUT2D eigenvalue weighted by Gasteiger charge is -2.12. The van der Waals surface area contributed by atoms with Crippen LogP contribution in [0.25, 0.3) is 15.5 Å². The van der Waals surface area contributed by atoms with Gasteiger partial charge in [0, 0.05) is 25.3 Å². The molecule has 0 unspecified atom stereocenters. The van der Waals surface area contributed by atoms with Gasteiger partial charge in [0.25, 0.3) is 0 Å². The standard InChI is InChI=1S/C18H16FN5OS.ClH/c1-23(2)14-5-3-4-12(10-14)17-22-24-16(20-21-18(24)26-17)11-25-15-8-6-13(19)7-9-15;/h3-10H,11H2,1-2H3;1H. The fourth-order valence-corrected chi connectivity index (χ4v) is 3.31. The summed E-state index contributed by atoms with van der Waals surface area (Å²) in [7, 11) is 4.01. The summed E-state index contributed by atoms with van der Waals surface area (Å²) in [6.07, 6.45) is 0. The summed E-state index contributed by atoms with van der Waals surface area (Å²) in [4.78, 5) is 2.75. The summed E-state index contributed by atoms with van der Waals surface area (Å²) in [6, 6.07) is 14.0. The van der Waals surface area contributed by atoms with Gasteiger partial charge in [-0.2, -0.15) is 9.61 Å². The lowest BCUT2D eigenvalue weighted by atomic mass is 10.2. The third kappa shape index (κ3) is 4.01. The predicted molar refractivity (Wildman–Crippen MR) is 106 cm³/mol. The smallest absolute Gasteiger partial charge is 0.235 e. The maximum Gasteiger partial charge on any atom is 0.235 e. The normalized spacial score (nSPS) is 10.6. The van der Waals surface area contributed by atoms with Crippen LogP contribution in [0.1, 0.15) is 5.82 Å². The van der Waals surface area contributed by atoms with E-state index in [2.05, 4.69) is 21.4 Å². The monoisotopic (exact) mass is 405 g/mol. The van der Waals surface area contributed by atoms with Crippen LogP contribution in [-0.4, -0.2) is 33.9 Å². The van der Waals surface area contributed by atoms with Gasteiger partial charge in [0.15, 0.2) is 5.82 Å². The van der Waals surface area contributed by atoms with E-state index >= 15 is 0 Å². The molecule has 4 aromatic rings. The van der Waals surface area contributed by atoms with Crippen molar-refractivity contribution in [1.82, 2.24) is 19.8 Å². The van der Waals surface area contributed by atoms with Crippen LogP contribution in [0.4, 0.5) is 10.1 Å². The SMILES string of the molecule is CN(C)c1cccc(-c2nn3c(COc4ccc(F)cc4)nnc3s2)c1.Cl. The second-order valence-corrected chi connectivity index (χ2v) is 6.86. The van der Waals surface area contributed by atoms with Crippen molar-refractivity contribution >= 4 is 34.4 Å². The van der Waals surface area contributed by atoms with Gasteiger partial charge in [0.1, 0.15) is 23.2 Å². The molecule has 4 rings (SSSR count). The van der Waals surface area contributed by atoms with Crippen molar-refractivity contribution in [2.45, 2.75) is 6.61 Å². The molecule has 9 heteroatoms. The molecule has 0 aliphatic heterocycles. The average Bonchev–Trinajstić information content (AvgIpc) is 3.22. The van der Waals surface area contributed by atoms with E-state index in [9.17, 15) is 4.39 Å². The summed E-state index contributed by atoms with van der Waals surface area (Å²) >= 11 is 1.47. The molecule has 0 fully saturated rings. The van der Waals surface area contributed by atoms with E-state index in [-0.39, 0.29) is 24.8 Å². The maximum absolute atomic E-state index is 13.0. The molecular weight excluding hydrogens is 389 g/mol. The van der Waals surface area contributed by atoms with Gasteiger partial charge in [-0.3, -0.25) is 0 Å². The van der Waals surface area contributed by atoms with Crippen molar-refractivity contribution < 1.29 is 9.13 Å². The molecule has 6 nitrogen and oxygen atoms in total. The van der Waals surface area contributed by atoms with Crippen molar-refractivity contribution in [2.75, 3.05) is 19.0 Å². The number of hydrogen-bond donors (Lipinski definition) is 0. The van der Waals surface area contributed by atoms with Crippen LogP contribution in [0.2, 0.25) is 0 Å². The van der Waals surface area contributed by atoms with Crippen LogP contribution in [-0.2, 0) is 6.61 Å². The predicted octanol–water partition coefficient (Wildman–Crippen LogP) is 4.06. The number of rotatable bonds is 5. The topological polar surface area (TPSA) is 55.6 Å². The molecule has 0 atom stereocenters. The molecule has 2 aromatic carbocycles. The van der Waals surface area contributed by atoms with Crippen LogP contribution < -0.4 is 9.64 Å². The van der Waals surface area contributed by atoms with Gasteiger partial charge in [-0.25, -0.2) is 4.39 Å². The highest BCUT2D eigenvalue weighted by Gasteiger charge is 2.14. The van der Waals surface area contributed by atoms with Crippen molar-refractivity contribution in [2.24, 2.45) is 0 Å². The van der Waals surface area contributed by atoms with E-state index in [0.29, 0.717) is 16.5 Å². The van der Waals surface area contributed by atoms with Gasteiger partial charge in [0.05, 0.1) is 0 Å². The van der Waals surface area contributed by atoms with Gasteiger partial charge in [-0.1, -0.05) is 23.5 Å². The number of fused-ring (bicyclic) bond motifs is 1. The van der Waals surface area contributed by atoms with Crippen LogP contribution in [0.5, 0.6) is 5.75 Å². The Bertz CT molecular complexity index is 1050. The van der Waals surface area contributed by atoms with E-state index in [1.807, 2.05) is 37.2 Å². The van der Waals surface area contributed by atoms with Gasteiger partial charge in [0.2, 0.25) is 4.96 Å². The fourth-order valence-electron chi connectivity index (χ4n) is 2.46. The number of nitrogens with zero attached hydrogens (tertiary/aromatic N) is 5. The summed E-state index contributed by atoms with van der Waals surface area (Å²) in [5.41, 5.74) is 2.13. The van der Waals surface area contributed by atoms with Crippen LogP contribution in [0.3, 0.4) is 0 Å². The zero-order chi connectivity index (χ0) is 18.1. The zero-order valence-electron chi connectivity index (χ0n) is 14.7. The van der Waals surface area contributed by atoms with Crippen LogP contribution >= 0.6 is 23.7 Å². The Morgan fingerprint density at radius 2 is 1.89 bits per heavy atom. The average molecular weight is 406 g/mol. The highest BCUT2D eigenvalue weighted by molar-refractivity contribution is 7.19. The molecule has 0 saturated carbocycles. The largest absolute Gasteiger partial charge is 0.486 e. The highest BCUT2D eigenvalue weighted by atomic mass is 35.5. The summed E-state index contributed by atoms with van der Waals surface area (Å²) in [5, 5.41) is 13.8.